The molecule has 2 heterocycles. The molecule has 0 saturated carbocycles. The third-order valence-corrected chi connectivity index (χ3v) is 7.74. The van der Waals surface area contributed by atoms with Crippen LogP contribution in [0.5, 0.6) is 0 Å². The first-order chi connectivity index (χ1) is 14.9. The summed E-state index contributed by atoms with van der Waals surface area (Å²) in [5.74, 6) is 0.839. The van der Waals surface area contributed by atoms with Gasteiger partial charge in [0.15, 0.2) is 0 Å². The van der Waals surface area contributed by atoms with Gasteiger partial charge in [0.25, 0.3) is 0 Å². The molecule has 9 heteroatoms. The molecule has 1 saturated heterocycles. The summed E-state index contributed by atoms with van der Waals surface area (Å²) in [6, 6.07) is 5.55. The lowest BCUT2D eigenvalue weighted by Crippen LogP contribution is -2.55. The Morgan fingerprint density at radius 1 is 1.25 bits per heavy atom. The number of aryl methyl sites for hydroxylation is 1. The zero-order chi connectivity index (χ0) is 23.7. The first-order valence-electron chi connectivity index (χ1n) is 10.6. The molecule has 0 spiro atoms. The predicted octanol–water partition coefficient (Wildman–Crippen LogP) is 6.47. The second-order valence-corrected chi connectivity index (χ2v) is 11.1. The molecule has 1 fully saturated rings. The number of ether oxygens (including phenoxy) is 1. The van der Waals surface area contributed by atoms with E-state index in [0.717, 1.165) is 47.4 Å². The summed E-state index contributed by atoms with van der Waals surface area (Å²) in [5, 5.41) is 1.84. The van der Waals surface area contributed by atoms with Gasteiger partial charge in [-0.25, -0.2) is 14.8 Å². The molecule has 1 aliphatic heterocycles. The van der Waals surface area contributed by atoms with Gasteiger partial charge in [-0.2, -0.15) is 0 Å². The molecule has 1 aromatic heterocycles. The second-order valence-electron chi connectivity index (χ2n) is 9.30. The fraction of sp³-hybridized carbons (Fsp3) is 0.522. The summed E-state index contributed by atoms with van der Waals surface area (Å²) in [4.78, 5) is 26.8. The van der Waals surface area contributed by atoms with Crippen molar-refractivity contribution in [1.29, 1.82) is 0 Å². The van der Waals surface area contributed by atoms with Crippen LogP contribution in [0.3, 0.4) is 0 Å². The van der Waals surface area contributed by atoms with Crippen molar-refractivity contribution < 1.29 is 9.53 Å². The van der Waals surface area contributed by atoms with Crippen LogP contribution >= 0.6 is 35.0 Å². The highest BCUT2D eigenvalue weighted by Gasteiger charge is 2.38. The van der Waals surface area contributed by atoms with Gasteiger partial charge in [-0.1, -0.05) is 41.0 Å². The quantitative estimate of drug-likeness (QED) is 0.483. The van der Waals surface area contributed by atoms with Crippen LogP contribution < -0.4 is 4.90 Å². The van der Waals surface area contributed by atoms with Gasteiger partial charge in [0.05, 0.1) is 21.9 Å². The Kier molecular flexibility index (Phi) is 7.52. The van der Waals surface area contributed by atoms with Gasteiger partial charge in [-0.3, -0.25) is 0 Å². The van der Waals surface area contributed by atoms with E-state index in [0.29, 0.717) is 10.0 Å². The summed E-state index contributed by atoms with van der Waals surface area (Å²) >= 11 is 13.9. The predicted molar refractivity (Wildman–Crippen MR) is 131 cm³/mol. The molecule has 0 atom stereocenters. The monoisotopic (exact) mass is 496 g/mol. The molecule has 3 rings (SSSR count). The molecule has 1 aromatic carbocycles. The number of amides is 1. The Bertz CT molecular complexity index is 988. The molecular formula is C23H30Cl2N4O2S. The van der Waals surface area contributed by atoms with Gasteiger partial charge < -0.3 is 14.5 Å². The molecule has 174 valence electrons. The standard InChI is InChI=1S/C23H30Cl2N4O2S/c1-15-20(32-17-9-7-8-16(24)19(17)25)26-14-18(27-15)29-12-10-23(5,11-13-29)28(6)21(30)31-22(2,3)4/h7-9,14H,10-13H2,1-6H3. The van der Waals surface area contributed by atoms with Gasteiger partial charge >= 0.3 is 6.09 Å². The number of hydrogen-bond donors (Lipinski definition) is 0. The summed E-state index contributed by atoms with van der Waals surface area (Å²) in [6.45, 7) is 11.3. The fourth-order valence-corrected chi connectivity index (χ4v) is 4.81. The smallest absolute Gasteiger partial charge is 0.410 e. The van der Waals surface area contributed by atoms with E-state index >= 15 is 0 Å². The van der Waals surface area contributed by atoms with Crippen molar-refractivity contribution in [3.8, 4) is 0 Å². The van der Waals surface area contributed by atoms with E-state index in [9.17, 15) is 4.79 Å². The van der Waals surface area contributed by atoms with Crippen LogP contribution in [0.15, 0.2) is 34.3 Å². The Labute approximate surface area is 204 Å². The van der Waals surface area contributed by atoms with E-state index in [1.807, 2.05) is 46.9 Å². The van der Waals surface area contributed by atoms with Crippen molar-refractivity contribution in [2.24, 2.45) is 0 Å². The normalized spacial score (nSPS) is 16.1. The average molecular weight is 497 g/mol. The minimum atomic E-state index is -0.509. The molecule has 0 N–H and O–H groups in total. The number of hydrogen-bond acceptors (Lipinski definition) is 6. The first-order valence-corrected chi connectivity index (χ1v) is 12.1. The molecule has 0 bridgehead atoms. The largest absolute Gasteiger partial charge is 0.444 e. The zero-order valence-corrected chi connectivity index (χ0v) is 21.7. The highest BCUT2D eigenvalue weighted by atomic mass is 35.5. The van der Waals surface area contributed by atoms with Crippen molar-refractivity contribution in [3.63, 3.8) is 0 Å². The van der Waals surface area contributed by atoms with Crippen LogP contribution in [0.1, 0.15) is 46.2 Å². The van der Waals surface area contributed by atoms with Crippen molar-refractivity contribution >= 4 is 46.9 Å². The maximum atomic E-state index is 12.5. The van der Waals surface area contributed by atoms with E-state index in [1.54, 1.807) is 17.2 Å². The molecule has 0 unspecified atom stereocenters. The Morgan fingerprint density at radius 2 is 1.91 bits per heavy atom. The molecule has 32 heavy (non-hydrogen) atoms. The van der Waals surface area contributed by atoms with Gasteiger partial charge in [-0.15, -0.1) is 0 Å². The molecular weight excluding hydrogens is 467 g/mol. The molecule has 6 nitrogen and oxygen atoms in total. The van der Waals surface area contributed by atoms with Crippen LogP contribution in [0.2, 0.25) is 10.0 Å². The minimum absolute atomic E-state index is 0.263. The molecule has 2 aromatic rings. The van der Waals surface area contributed by atoms with Crippen LogP contribution in [-0.4, -0.2) is 52.2 Å². The number of nitrogens with zero attached hydrogens (tertiary/aromatic N) is 4. The Morgan fingerprint density at radius 3 is 2.50 bits per heavy atom. The minimum Gasteiger partial charge on any atom is -0.444 e. The van der Waals surface area contributed by atoms with E-state index in [1.165, 1.54) is 11.8 Å². The second kappa shape index (κ2) is 9.65. The van der Waals surface area contributed by atoms with Gasteiger partial charge in [0.2, 0.25) is 0 Å². The number of piperidine rings is 1. The highest BCUT2D eigenvalue weighted by Crippen LogP contribution is 2.38. The topological polar surface area (TPSA) is 58.6 Å². The number of aromatic nitrogens is 2. The SMILES string of the molecule is Cc1nc(N2CCC(C)(N(C)C(=O)OC(C)(C)C)CC2)cnc1Sc1cccc(Cl)c1Cl. The van der Waals surface area contributed by atoms with Crippen LogP contribution in [-0.2, 0) is 4.74 Å². The van der Waals surface area contributed by atoms with Crippen LogP contribution in [0.4, 0.5) is 10.6 Å². The van der Waals surface area contributed by atoms with Crippen molar-refractivity contribution in [1.82, 2.24) is 14.9 Å². The number of benzene rings is 1. The summed E-state index contributed by atoms with van der Waals surface area (Å²) in [5.41, 5.74) is 0.0631. The number of carbonyl (C=O) groups excluding carboxylic acids is 1. The van der Waals surface area contributed by atoms with Crippen LogP contribution in [0.25, 0.3) is 0 Å². The van der Waals surface area contributed by atoms with Gasteiger partial charge in [0.1, 0.15) is 16.4 Å². The third-order valence-electron chi connectivity index (χ3n) is 5.65. The van der Waals surface area contributed by atoms with Crippen molar-refractivity contribution in [3.05, 3.63) is 40.1 Å². The highest BCUT2D eigenvalue weighted by molar-refractivity contribution is 7.99. The maximum Gasteiger partial charge on any atom is 0.410 e. The molecule has 1 amide bonds. The fourth-order valence-electron chi connectivity index (χ4n) is 3.48. The van der Waals surface area contributed by atoms with Gasteiger partial charge in [-0.05, 0) is 59.6 Å². The maximum absolute atomic E-state index is 12.5. The van der Waals surface area contributed by atoms with Crippen molar-refractivity contribution in [2.75, 3.05) is 25.0 Å². The zero-order valence-electron chi connectivity index (χ0n) is 19.4. The van der Waals surface area contributed by atoms with Crippen LogP contribution in [0, 0.1) is 6.92 Å². The third kappa shape index (κ3) is 5.80. The van der Waals surface area contributed by atoms with E-state index in [2.05, 4.69) is 16.8 Å². The number of carbonyl (C=O) groups is 1. The summed E-state index contributed by atoms with van der Waals surface area (Å²) in [6.07, 6.45) is 3.15. The summed E-state index contributed by atoms with van der Waals surface area (Å²) in [7, 11) is 1.82. The number of anilines is 1. The molecule has 0 aliphatic carbocycles. The number of halogens is 2. The lowest BCUT2D eigenvalue weighted by Gasteiger charge is -2.45. The number of rotatable bonds is 4. The molecule has 1 aliphatic rings. The molecule has 0 radical (unpaired) electrons. The lowest BCUT2D eigenvalue weighted by molar-refractivity contribution is 0.00345. The lowest BCUT2D eigenvalue weighted by atomic mass is 9.88. The average Bonchev–Trinajstić information content (AvgIpc) is 2.71. The van der Waals surface area contributed by atoms with Crippen molar-refractivity contribution in [2.45, 2.75) is 68.5 Å². The Balaban J connectivity index is 1.66. The van der Waals surface area contributed by atoms with Gasteiger partial charge in [0, 0.05) is 30.6 Å². The van der Waals surface area contributed by atoms with E-state index in [-0.39, 0.29) is 11.6 Å². The van der Waals surface area contributed by atoms with E-state index < -0.39 is 5.60 Å². The Hall–Kier alpha value is -1.70. The van der Waals surface area contributed by atoms with E-state index in [4.69, 9.17) is 32.9 Å². The summed E-state index contributed by atoms with van der Waals surface area (Å²) < 4.78 is 5.55. The first kappa shape index (κ1) is 24.9.